The number of carboxylic acids is 1. The summed E-state index contributed by atoms with van der Waals surface area (Å²) in [5.41, 5.74) is 2.40. The predicted molar refractivity (Wildman–Crippen MR) is 71.9 cm³/mol. The minimum absolute atomic E-state index is 0.0152. The van der Waals surface area contributed by atoms with Gasteiger partial charge in [-0.05, 0) is 62.2 Å². The van der Waals surface area contributed by atoms with Gasteiger partial charge in [-0.15, -0.1) is 0 Å². The third-order valence-electron chi connectivity index (χ3n) is 3.11. The van der Waals surface area contributed by atoms with Crippen LogP contribution in [0.1, 0.15) is 35.9 Å². The van der Waals surface area contributed by atoms with Crippen LogP contribution in [0, 0.1) is 12.7 Å². The fourth-order valence-corrected chi connectivity index (χ4v) is 2.22. The Morgan fingerprint density at radius 1 is 1.26 bits per heavy atom. The minimum atomic E-state index is -0.959. The van der Waals surface area contributed by atoms with Gasteiger partial charge < -0.3 is 9.67 Å². The van der Waals surface area contributed by atoms with E-state index >= 15 is 0 Å². The molecule has 0 unspecified atom stereocenters. The Balaban J connectivity index is 2.62. The average Bonchev–Trinajstić information content (AvgIpc) is 2.77. The molecule has 1 heterocycles. The molecule has 19 heavy (non-hydrogen) atoms. The summed E-state index contributed by atoms with van der Waals surface area (Å²) in [6, 6.07) is 8.16. The van der Waals surface area contributed by atoms with Crippen molar-refractivity contribution in [1.82, 2.24) is 4.57 Å². The molecule has 1 N–H and O–H groups in total. The van der Waals surface area contributed by atoms with Crippen molar-refractivity contribution >= 4 is 5.97 Å². The molecule has 0 atom stereocenters. The zero-order valence-corrected chi connectivity index (χ0v) is 11.1. The Bertz CT molecular complexity index is 629. The van der Waals surface area contributed by atoms with Gasteiger partial charge in [-0.25, -0.2) is 9.18 Å². The number of carboxylic acid groups (broad SMARTS) is 1. The summed E-state index contributed by atoms with van der Waals surface area (Å²) in [4.78, 5) is 11.2. The average molecular weight is 261 g/mol. The number of hydrogen-bond acceptors (Lipinski definition) is 1. The molecule has 0 fully saturated rings. The highest BCUT2D eigenvalue weighted by Gasteiger charge is 2.17. The van der Waals surface area contributed by atoms with E-state index in [9.17, 15) is 14.3 Å². The van der Waals surface area contributed by atoms with E-state index in [4.69, 9.17) is 0 Å². The smallest absolute Gasteiger partial charge is 0.352 e. The summed E-state index contributed by atoms with van der Waals surface area (Å²) < 4.78 is 15.1. The van der Waals surface area contributed by atoms with Gasteiger partial charge in [-0.2, -0.15) is 0 Å². The van der Waals surface area contributed by atoms with Crippen LogP contribution in [0.5, 0.6) is 0 Å². The maximum Gasteiger partial charge on any atom is 0.352 e. The molecule has 0 saturated carbocycles. The lowest BCUT2D eigenvalue weighted by Gasteiger charge is -2.16. The first kappa shape index (κ1) is 13.3. The van der Waals surface area contributed by atoms with Crippen LogP contribution in [0.3, 0.4) is 0 Å². The van der Waals surface area contributed by atoms with E-state index in [-0.39, 0.29) is 17.6 Å². The number of halogens is 1. The summed E-state index contributed by atoms with van der Waals surface area (Å²) in [7, 11) is 0. The molecule has 1 aromatic carbocycles. The van der Waals surface area contributed by atoms with Gasteiger partial charge in [0.15, 0.2) is 0 Å². The zero-order valence-electron chi connectivity index (χ0n) is 11.1. The topological polar surface area (TPSA) is 42.2 Å². The molecule has 2 aromatic rings. The van der Waals surface area contributed by atoms with E-state index < -0.39 is 5.97 Å². The molecular formula is C15H16FNO2. The highest BCUT2D eigenvalue weighted by Crippen LogP contribution is 2.27. The number of carbonyl (C=O) groups is 1. The SMILES string of the molecule is Cc1cc(-c2ccc(C(=O)O)n2C(C)C)ccc1F. The van der Waals surface area contributed by atoms with Gasteiger partial charge in [0.1, 0.15) is 11.5 Å². The quantitative estimate of drug-likeness (QED) is 0.911. The molecule has 0 aliphatic heterocycles. The van der Waals surface area contributed by atoms with E-state index in [0.29, 0.717) is 5.56 Å². The Hall–Kier alpha value is -2.10. The van der Waals surface area contributed by atoms with Crippen LogP contribution in [0.25, 0.3) is 11.3 Å². The lowest BCUT2D eigenvalue weighted by Crippen LogP contribution is -2.11. The number of aromatic carboxylic acids is 1. The third kappa shape index (κ3) is 2.38. The van der Waals surface area contributed by atoms with Crippen molar-refractivity contribution < 1.29 is 14.3 Å². The van der Waals surface area contributed by atoms with Gasteiger partial charge in [-0.1, -0.05) is 0 Å². The van der Waals surface area contributed by atoms with Crippen molar-refractivity contribution in [3.63, 3.8) is 0 Å². The fraction of sp³-hybridized carbons (Fsp3) is 0.267. The normalized spacial score (nSPS) is 11.0. The molecule has 0 saturated heterocycles. The van der Waals surface area contributed by atoms with Crippen molar-refractivity contribution in [3.8, 4) is 11.3 Å². The molecule has 0 aliphatic rings. The molecule has 0 aliphatic carbocycles. The Labute approximate surface area is 111 Å². The van der Waals surface area contributed by atoms with Crippen molar-refractivity contribution in [2.24, 2.45) is 0 Å². The number of rotatable bonds is 3. The molecule has 0 bridgehead atoms. The molecule has 100 valence electrons. The standard InChI is InChI=1S/C15H16FNO2/c1-9(2)17-13(6-7-14(17)15(18)19)11-4-5-12(16)10(3)8-11/h4-9H,1-3H3,(H,18,19). The monoisotopic (exact) mass is 261 g/mol. The molecule has 2 rings (SSSR count). The second kappa shape index (κ2) is 4.88. The van der Waals surface area contributed by atoms with Crippen LogP contribution in [0.4, 0.5) is 4.39 Å². The summed E-state index contributed by atoms with van der Waals surface area (Å²) >= 11 is 0. The van der Waals surface area contributed by atoms with Crippen molar-refractivity contribution in [3.05, 3.63) is 47.4 Å². The lowest BCUT2D eigenvalue weighted by atomic mass is 10.1. The number of benzene rings is 1. The van der Waals surface area contributed by atoms with Crippen LogP contribution >= 0.6 is 0 Å². The summed E-state index contributed by atoms with van der Waals surface area (Å²) in [6.45, 7) is 5.54. The third-order valence-corrected chi connectivity index (χ3v) is 3.11. The second-order valence-electron chi connectivity index (χ2n) is 4.84. The molecule has 3 nitrogen and oxygen atoms in total. The highest BCUT2D eigenvalue weighted by atomic mass is 19.1. The van der Waals surface area contributed by atoms with Crippen LogP contribution in [-0.2, 0) is 0 Å². The Kier molecular flexibility index (Phi) is 3.42. The summed E-state index contributed by atoms with van der Waals surface area (Å²) in [5, 5.41) is 9.19. The van der Waals surface area contributed by atoms with E-state index in [2.05, 4.69) is 0 Å². The maximum absolute atomic E-state index is 13.3. The van der Waals surface area contributed by atoms with Crippen LogP contribution in [0.2, 0.25) is 0 Å². The minimum Gasteiger partial charge on any atom is -0.477 e. The zero-order chi connectivity index (χ0) is 14.2. The first-order chi connectivity index (χ1) is 8.91. The number of hydrogen-bond donors (Lipinski definition) is 1. The number of aryl methyl sites for hydroxylation is 1. The number of aromatic nitrogens is 1. The first-order valence-corrected chi connectivity index (χ1v) is 6.13. The van der Waals surface area contributed by atoms with E-state index in [1.807, 2.05) is 13.8 Å². The summed E-state index contributed by atoms with van der Waals surface area (Å²) in [5.74, 6) is -1.22. The van der Waals surface area contributed by atoms with E-state index in [1.165, 1.54) is 6.07 Å². The molecule has 4 heteroatoms. The van der Waals surface area contributed by atoms with Crippen LogP contribution in [0.15, 0.2) is 30.3 Å². The van der Waals surface area contributed by atoms with Crippen molar-refractivity contribution in [1.29, 1.82) is 0 Å². The lowest BCUT2D eigenvalue weighted by molar-refractivity contribution is 0.0683. The van der Waals surface area contributed by atoms with Crippen molar-refractivity contribution in [2.75, 3.05) is 0 Å². The predicted octanol–water partition coefficient (Wildman–Crippen LogP) is 3.88. The second-order valence-corrected chi connectivity index (χ2v) is 4.84. The summed E-state index contributed by atoms with van der Waals surface area (Å²) in [6.07, 6.45) is 0. The number of nitrogens with zero attached hydrogens (tertiary/aromatic N) is 1. The van der Waals surface area contributed by atoms with Crippen LogP contribution < -0.4 is 0 Å². The van der Waals surface area contributed by atoms with Crippen molar-refractivity contribution in [2.45, 2.75) is 26.8 Å². The fourth-order valence-electron chi connectivity index (χ4n) is 2.22. The van der Waals surface area contributed by atoms with Gasteiger partial charge in [-0.3, -0.25) is 0 Å². The molecule has 0 amide bonds. The molecule has 0 spiro atoms. The van der Waals surface area contributed by atoms with E-state index in [1.54, 1.807) is 35.8 Å². The highest BCUT2D eigenvalue weighted by molar-refractivity contribution is 5.87. The van der Waals surface area contributed by atoms with Gasteiger partial charge in [0.2, 0.25) is 0 Å². The molecule has 1 aromatic heterocycles. The first-order valence-electron chi connectivity index (χ1n) is 6.13. The van der Waals surface area contributed by atoms with Gasteiger partial charge in [0.05, 0.1) is 0 Å². The largest absolute Gasteiger partial charge is 0.477 e. The van der Waals surface area contributed by atoms with Gasteiger partial charge in [0, 0.05) is 11.7 Å². The van der Waals surface area contributed by atoms with Gasteiger partial charge >= 0.3 is 5.97 Å². The van der Waals surface area contributed by atoms with Crippen LogP contribution in [-0.4, -0.2) is 15.6 Å². The Morgan fingerprint density at radius 2 is 1.95 bits per heavy atom. The maximum atomic E-state index is 13.3. The van der Waals surface area contributed by atoms with E-state index in [0.717, 1.165) is 11.3 Å². The molecular weight excluding hydrogens is 245 g/mol. The Morgan fingerprint density at radius 3 is 2.47 bits per heavy atom. The molecule has 0 radical (unpaired) electrons. The van der Waals surface area contributed by atoms with Gasteiger partial charge in [0.25, 0.3) is 0 Å².